The van der Waals surface area contributed by atoms with Gasteiger partial charge >= 0.3 is 0 Å². The highest BCUT2D eigenvalue weighted by molar-refractivity contribution is 8.01. The maximum Gasteiger partial charge on any atom is 0.293 e. The lowest BCUT2D eigenvalue weighted by atomic mass is 10.2. The molecule has 0 aliphatic heterocycles. The Morgan fingerprint density at radius 1 is 1.20 bits per heavy atom. The number of thioether (sulfide) groups is 1. The molecule has 7 nitrogen and oxygen atoms in total. The molecule has 1 fully saturated rings. The van der Waals surface area contributed by atoms with Gasteiger partial charge in [-0.1, -0.05) is 18.2 Å². The SMILES string of the molecule is NS(=O)(=O)c1ccc(NCC2(Sc3ccccc3)CC2)c([N+](=O)[O-])c1. The summed E-state index contributed by atoms with van der Waals surface area (Å²) in [5.41, 5.74) is -0.00984. The average Bonchev–Trinajstić information content (AvgIpc) is 3.32. The molecule has 2 aromatic rings. The third-order valence-electron chi connectivity index (χ3n) is 3.98. The molecule has 1 saturated carbocycles. The van der Waals surface area contributed by atoms with Crippen LogP contribution in [0, 0.1) is 10.1 Å². The van der Waals surface area contributed by atoms with E-state index in [1.54, 1.807) is 11.8 Å². The van der Waals surface area contributed by atoms with E-state index in [1.807, 2.05) is 30.3 Å². The van der Waals surface area contributed by atoms with Crippen LogP contribution in [0.3, 0.4) is 0 Å². The summed E-state index contributed by atoms with van der Waals surface area (Å²) >= 11 is 1.75. The summed E-state index contributed by atoms with van der Waals surface area (Å²) in [6, 6.07) is 13.6. The van der Waals surface area contributed by atoms with Crippen molar-refractivity contribution in [3.8, 4) is 0 Å². The lowest BCUT2D eigenvalue weighted by Gasteiger charge is -2.17. The normalized spacial score (nSPS) is 15.6. The maximum absolute atomic E-state index is 11.4. The first kappa shape index (κ1) is 17.7. The van der Waals surface area contributed by atoms with Crippen LogP contribution in [-0.2, 0) is 10.0 Å². The number of sulfonamides is 1. The summed E-state index contributed by atoms with van der Waals surface area (Å²) in [7, 11) is -3.98. The standard InChI is InChI=1S/C16H17N3O4S2/c17-25(22,23)13-6-7-14(15(10-13)19(20)21)18-11-16(8-9-16)24-12-4-2-1-3-5-12/h1-7,10,18H,8-9,11H2,(H2,17,22,23). The molecule has 0 amide bonds. The topological polar surface area (TPSA) is 115 Å². The van der Waals surface area contributed by atoms with Crippen molar-refractivity contribution in [2.75, 3.05) is 11.9 Å². The second-order valence-corrected chi connectivity index (χ2v) is 9.04. The summed E-state index contributed by atoms with van der Waals surface area (Å²) in [5.74, 6) is 0. The molecule has 25 heavy (non-hydrogen) atoms. The molecular weight excluding hydrogens is 362 g/mol. The van der Waals surface area contributed by atoms with Gasteiger partial charge in [0.1, 0.15) is 5.69 Å². The van der Waals surface area contributed by atoms with Crippen LogP contribution in [0.2, 0.25) is 0 Å². The Hall–Kier alpha value is -2.10. The number of nitrogens with two attached hydrogens (primary N) is 1. The van der Waals surface area contributed by atoms with E-state index in [0.717, 1.165) is 23.8 Å². The van der Waals surface area contributed by atoms with Crippen LogP contribution in [-0.4, -0.2) is 24.6 Å². The first-order valence-corrected chi connectivity index (χ1v) is 9.95. The summed E-state index contributed by atoms with van der Waals surface area (Å²) in [5, 5.41) is 19.4. The van der Waals surface area contributed by atoms with E-state index in [-0.39, 0.29) is 21.0 Å². The molecule has 0 saturated heterocycles. The van der Waals surface area contributed by atoms with Gasteiger partial charge in [0.15, 0.2) is 0 Å². The molecule has 0 spiro atoms. The minimum absolute atomic E-state index is 0.00777. The molecule has 1 aliphatic rings. The monoisotopic (exact) mass is 379 g/mol. The molecule has 0 aromatic heterocycles. The van der Waals surface area contributed by atoms with Gasteiger partial charge in [-0.25, -0.2) is 13.6 Å². The Kier molecular flexibility index (Phi) is 4.72. The zero-order chi connectivity index (χ0) is 18.1. The number of nitro benzene ring substituents is 1. The third kappa shape index (κ3) is 4.30. The van der Waals surface area contributed by atoms with Crippen LogP contribution in [0.5, 0.6) is 0 Å². The number of benzene rings is 2. The predicted octanol–water partition coefficient (Wildman–Crippen LogP) is 2.98. The molecular formula is C16H17N3O4S2. The molecule has 0 heterocycles. The number of anilines is 1. The molecule has 2 aromatic carbocycles. The number of nitro groups is 1. The molecule has 0 bridgehead atoms. The van der Waals surface area contributed by atoms with E-state index in [0.29, 0.717) is 6.54 Å². The second kappa shape index (κ2) is 6.66. The number of hydrogen-bond donors (Lipinski definition) is 2. The largest absolute Gasteiger partial charge is 0.378 e. The first-order valence-electron chi connectivity index (χ1n) is 7.58. The van der Waals surface area contributed by atoms with Crippen molar-refractivity contribution in [3.05, 3.63) is 58.6 Å². The molecule has 0 radical (unpaired) electrons. The van der Waals surface area contributed by atoms with Gasteiger partial charge in [0.2, 0.25) is 10.0 Å². The quantitative estimate of drug-likeness (QED) is 0.564. The lowest BCUT2D eigenvalue weighted by Crippen LogP contribution is -2.19. The predicted molar refractivity (Wildman–Crippen MR) is 97.2 cm³/mol. The summed E-state index contributed by atoms with van der Waals surface area (Å²) in [6.07, 6.45) is 2.03. The number of primary sulfonamides is 1. The first-order chi connectivity index (χ1) is 11.8. The number of rotatable bonds is 7. The van der Waals surface area contributed by atoms with Gasteiger partial charge in [-0.2, -0.15) is 0 Å². The summed E-state index contributed by atoms with van der Waals surface area (Å²) < 4.78 is 22.8. The van der Waals surface area contributed by atoms with Gasteiger partial charge in [-0.15, -0.1) is 11.8 Å². The van der Waals surface area contributed by atoms with Crippen molar-refractivity contribution in [3.63, 3.8) is 0 Å². The third-order valence-corrected chi connectivity index (χ3v) is 6.39. The molecule has 1 aliphatic carbocycles. The molecule has 3 rings (SSSR count). The van der Waals surface area contributed by atoms with Gasteiger partial charge in [0, 0.05) is 22.3 Å². The molecule has 132 valence electrons. The number of nitrogens with one attached hydrogen (secondary N) is 1. The van der Waals surface area contributed by atoms with Crippen molar-refractivity contribution in [2.45, 2.75) is 27.4 Å². The zero-order valence-corrected chi connectivity index (χ0v) is 14.8. The van der Waals surface area contributed by atoms with E-state index >= 15 is 0 Å². The van der Waals surface area contributed by atoms with Gasteiger partial charge in [0.05, 0.1) is 9.82 Å². The maximum atomic E-state index is 11.4. The van der Waals surface area contributed by atoms with Crippen molar-refractivity contribution >= 4 is 33.2 Å². The average molecular weight is 379 g/mol. The Labute approximate surface area is 149 Å². The van der Waals surface area contributed by atoms with Crippen LogP contribution >= 0.6 is 11.8 Å². The minimum Gasteiger partial charge on any atom is -0.378 e. The fourth-order valence-corrected chi connectivity index (χ4v) is 4.22. The summed E-state index contributed by atoms with van der Waals surface area (Å²) in [6.45, 7) is 0.558. The minimum atomic E-state index is -3.98. The Balaban J connectivity index is 1.76. The molecule has 9 heteroatoms. The van der Waals surface area contributed by atoms with E-state index in [2.05, 4.69) is 5.32 Å². The number of hydrogen-bond acceptors (Lipinski definition) is 6. The van der Waals surface area contributed by atoms with Crippen LogP contribution in [0.1, 0.15) is 12.8 Å². The molecule has 3 N–H and O–H groups in total. The Bertz CT molecular complexity index is 897. The van der Waals surface area contributed by atoms with Gasteiger partial charge < -0.3 is 5.32 Å². The fourth-order valence-electron chi connectivity index (χ4n) is 2.44. The molecule has 0 atom stereocenters. The fraction of sp³-hybridized carbons (Fsp3) is 0.250. The van der Waals surface area contributed by atoms with E-state index < -0.39 is 14.9 Å². The van der Waals surface area contributed by atoms with Gasteiger partial charge in [-0.3, -0.25) is 10.1 Å². The van der Waals surface area contributed by atoms with Crippen LogP contribution in [0.4, 0.5) is 11.4 Å². The summed E-state index contributed by atoms with van der Waals surface area (Å²) in [4.78, 5) is 11.5. The van der Waals surface area contributed by atoms with Crippen molar-refractivity contribution in [2.24, 2.45) is 5.14 Å². The van der Waals surface area contributed by atoms with Crippen molar-refractivity contribution < 1.29 is 13.3 Å². The highest BCUT2D eigenvalue weighted by Gasteiger charge is 2.43. The zero-order valence-electron chi connectivity index (χ0n) is 13.2. The highest BCUT2D eigenvalue weighted by atomic mass is 32.2. The number of nitrogens with zero attached hydrogens (tertiary/aromatic N) is 1. The smallest absolute Gasteiger partial charge is 0.293 e. The van der Waals surface area contributed by atoms with Gasteiger partial charge in [-0.05, 0) is 37.1 Å². The van der Waals surface area contributed by atoms with Crippen LogP contribution in [0.25, 0.3) is 0 Å². The Morgan fingerprint density at radius 2 is 1.88 bits per heavy atom. The molecule has 0 unspecified atom stereocenters. The van der Waals surface area contributed by atoms with E-state index in [1.165, 1.54) is 12.1 Å². The second-order valence-electron chi connectivity index (χ2n) is 5.93. The highest BCUT2D eigenvalue weighted by Crippen LogP contribution is 2.51. The van der Waals surface area contributed by atoms with Crippen LogP contribution < -0.4 is 10.5 Å². The van der Waals surface area contributed by atoms with Crippen molar-refractivity contribution in [1.29, 1.82) is 0 Å². The van der Waals surface area contributed by atoms with E-state index in [4.69, 9.17) is 5.14 Å². The van der Waals surface area contributed by atoms with Crippen molar-refractivity contribution in [1.82, 2.24) is 0 Å². The van der Waals surface area contributed by atoms with Gasteiger partial charge in [0.25, 0.3) is 5.69 Å². The van der Waals surface area contributed by atoms with Crippen LogP contribution in [0.15, 0.2) is 58.3 Å². The lowest BCUT2D eigenvalue weighted by molar-refractivity contribution is -0.384. The Morgan fingerprint density at radius 3 is 2.44 bits per heavy atom. The van der Waals surface area contributed by atoms with E-state index in [9.17, 15) is 18.5 Å².